The van der Waals surface area contributed by atoms with Gasteiger partial charge in [0, 0.05) is 13.2 Å². The summed E-state index contributed by atoms with van der Waals surface area (Å²) < 4.78 is 11.1. The number of benzene rings is 1. The summed E-state index contributed by atoms with van der Waals surface area (Å²) in [6.07, 6.45) is 7.62. The number of oxazole rings is 1. The lowest BCUT2D eigenvalue weighted by Gasteiger charge is -2.42. The monoisotopic (exact) mass is 340 g/mol. The van der Waals surface area contributed by atoms with Crippen LogP contribution in [0.25, 0.3) is 0 Å². The summed E-state index contributed by atoms with van der Waals surface area (Å²) in [5.41, 5.74) is 1.88. The van der Waals surface area contributed by atoms with Crippen molar-refractivity contribution in [2.24, 2.45) is 5.41 Å². The molecule has 0 spiro atoms. The van der Waals surface area contributed by atoms with E-state index in [1.807, 2.05) is 6.07 Å². The molecule has 1 aromatic carbocycles. The van der Waals surface area contributed by atoms with Gasteiger partial charge in [-0.2, -0.15) is 0 Å². The van der Waals surface area contributed by atoms with Crippen LogP contribution in [0.4, 0.5) is 0 Å². The van der Waals surface area contributed by atoms with Crippen molar-refractivity contribution in [3.8, 4) is 0 Å². The molecule has 1 atom stereocenters. The quantitative estimate of drug-likeness (QED) is 0.871. The van der Waals surface area contributed by atoms with Gasteiger partial charge in [0.05, 0.1) is 0 Å². The largest absolute Gasteiger partial charge is 0.445 e. The second-order valence-electron chi connectivity index (χ2n) is 7.27. The highest BCUT2D eigenvalue weighted by Crippen LogP contribution is 2.43. The lowest BCUT2D eigenvalue weighted by molar-refractivity contribution is 0.0808. The summed E-state index contributed by atoms with van der Waals surface area (Å²) in [5, 5.41) is 3.09. The minimum absolute atomic E-state index is 0.134. The summed E-state index contributed by atoms with van der Waals surface area (Å²) in [6, 6.07) is 10.5. The van der Waals surface area contributed by atoms with Gasteiger partial charge in [-0.1, -0.05) is 36.8 Å². The van der Waals surface area contributed by atoms with Crippen molar-refractivity contribution in [3.63, 3.8) is 0 Å². The van der Waals surface area contributed by atoms with Gasteiger partial charge in [0.15, 0.2) is 17.8 Å². The van der Waals surface area contributed by atoms with Crippen molar-refractivity contribution in [3.05, 3.63) is 53.7 Å². The highest BCUT2D eigenvalue weighted by Gasteiger charge is 2.38. The second-order valence-corrected chi connectivity index (χ2v) is 7.27. The Bertz CT molecular complexity index is 716. The van der Waals surface area contributed by atoms with Crippen LogP contribution in [0.15, 0.2) is 41.1 Å². The summed E-state index contributed by atoms with van der Waals surface area (Å²) >= 11 is 0. The van der Waals surface area contributed by atoms with E-state index < -0.39 is 0 Å². The summed E-state index contributed by atoms with van der Waals surface area (Å²) in [4.78, 5) is 16.8. The Labute approximate surface area is 147 Å². The van der Waals surface area contributed by atoms with Gasteiger partial charge in [-0.3, -0.25) is 4.79 Å². The Morgan fingerprint density at radius 2 is 2.08 bits per heavy atom. The van der Waals surface area contributed by atoms with Crippen LogP contribution in [0.1, 0.15) is 60.0 Å². The minimum atomic E-state index is -0.154. The van der Waals surface area contributed by atoms with Gasteiger partial charge in [-0.25, -0.2) is 4.98 Å². The Morgan fingerprint density at radius 3 is 2.76 bits per heavy atom. The Kier molecular flexibility index (Phi) is 4.57. The molecule has 1 amide bonds. The van der Waals surface area contributed by atoms with Crippen LogP contribution in [-0.2, 0) is 11.2 Å². The molecule has 5 nitrogen and oxygen atoms in total. The molecule has 132 valence electrons. The Balaban J connectivity index is 1.40. The average Bonchev–Trinajstić information content (AvgIpc) is 3.28. The van der Waals surface area contributed by atoms with Gasteiger partial charge in [0.2, 0.25) is 0 Å². The van der Waals surface area contributed by atoms with Crippen LogP contribution in [-0.4, -0.2) is 24.0 Å². The third-order valence-corrected chi connectivity index (χ3v) is 5.49. The molecule has 2 aromatic rings. The molecule has 4 rings (SSSR count). The minimum Gasteiger partial charge on any atom is -0.445 e. The first-order chi connectivity index (χ1) is 12.3. The first-order valence-electron chi connectivity index (χ1n) is 9.13. The first-order valence-corrected chi connectivity index (χ1v) is 9.13. The van der Waals surface area contributed by atoms with Crippen molar-refractivity contribution < 1.29 is 13.9 Å². The van der Waals surface area contributed by atoms with E-state index in [9.17, 15) is 4.79 Å². The van der Waals surface area contributed by atoms with E-state index in [-0.39, 0.29) is 17.4 Å². The molecule has 1 N–H and O–H groups in total. The van der Waals surface area contributed by atoms with E-state index in [0.29, 0.717) is 24.6 Å². The van der Waals surface area contributed by atoms with Gasteiger partial charge in [0.25, 0.3) is 5.91 Å². The van der Waals surface area contributed by atoms with Gasteiger partial charge in [-0.15, -0.1) is 0 Å². The highest BCUT2D eigenvalue weighted by atomic mass is 16.5. The maximum atomic E-state index is 12.6. The number of amides is 1. The molecule has 2 heterocycles. The number of carbonyl (C=O) groups excluding carboxylic acids is 1. The molecule has 1 saturated heterocycles. The first kappa shape index (κ1) is 16.3. The van der Waals surface area contributed by atoms with Crippen molar-refractivity contribution >= 4 is 5.91 Å². The number of carbonyl (C=O) groups is 1. The molecule has 1 unspecified atom stereocenters. The van der Waals surface area contributed by atoms with Gasteiger partial charge < -0.3 is 14.5 Å². The van der Waals surface area contributed by atoms with Gasteiger partial charge >= 0.3 is 0 Å². The number of ether oxygens (including phenoxy) is 1. The van der Waals surface area contributed by atoms with Crippen LogP contribution in [0, 0.1) is 5.41 Å². The molecule has 25 heavy (non-hydrogen) atoms. The van der Waals surface area contributed by atoms with Crippen LogP contribution in [0.5, 0.6) is 0 Å². The molecule has 0 bridgehead atoms. The van der Waals surface area contributed by atoms with E-state index in [0.717, 1.165) is 32.1 Å². The fourth-order valence-electron chi connectivity index (χ4n) is 3.91. The van der Waals surface area contributed by atoms with Crippen molar-refractivity contribution in [1.82, 2.24) is 10.3 Å². The second kappa shape index (κ2) is 7.00. The number of aromatic nitrogens is 1. The van der Waals surface area contributed by atoms with Crippen LogP contribution in [0.2, 0.25) is 0 Å². The number of nitrogens with one attached hydrogen (secondary N) is 1. The summed E-state index contributed by atoms with van der Waals surface area (Å²) in [6.45, 7) is 1.39. The SMILES string of the molecule is O=C(NCC1(Cc2ccccc2)CCC1)c1ncoc1C1CCCO1. The third kappa shape index (κ3) is 3.47. The molecule has 1 aliphatic heterocycles. The zero-order valence-electron chi connectivity index (χ0n) is 14.4. The molecular weight excluding hydrogens is 316 g/mol. The molecule has 2 fully saturated rings. The molecule has 1 aromatic heterocycles. The molecule has 5 heteroatoms. The summed E-state index contributed by atoms with van der Waals surface area (Å²) in [5.74, 6) is 0.416. The maximum absolute atomic E-state index is 12.6. The van der Waals surface area contributed by atoms with Crippen molar-refractivity contribution in [2.75, 3.05) is 13.2 Å². The van der Waals surface area contributed by atoms with Crippen LogP contribution >= 0.6 is 0 Å². The third-order valence-electron chi connectivity index (χ3n) is 5.49. The zero-order valence-corrected chi connectivity index (χ0v) is 14.4. The van der Waals surface area contributed by atoms with Gasteiger partial charge in [0.1, 0.15) is 6.10 Å². The lowest BCUT2D eigenvalue weighted by atomic mass is 9.65. The number of hydrogen-bond acceptors (Lipinski definition) is 4. The normalized spacial score (nSPS) is 21.7. The standard InChI is InChI=1S/C20H24N2O3/c23-19(17-18(25-14-22-17)16-8-4-11-24-16)21-13-20(9-5-10-20)12-15-6-2-1-3-7-15/h1-3,6-7,14,16H,4-5,8-13H2,(H,21,23). The Morgan fingerprint density at radius 1 is 1.24 bits per heavy atom. The maximum Gasteiger partial charge on any atom is 0.273 e. The molecule has 0 radical (unpaired) electrons. The lowest BCUT2D eigenvalue weighted by Crippen LogP contribution is -2.43. The van der Waals surface area contributed by atoms with Crippen molar-refractivity contribution in [1.29, 1.82) is 0 Å². The zero-order chi connectivity index (χ0) is 17.1. The average molecular weight is 340 g/mol. The fraction of sp³-hybridized carbons (Fsp3) is 0.500. The molecular formula is C20H24N2O3. The number of rotatable bonds is 6. The fourth-order valence-corrected chi connectivity index (χ4v) is 3.91. The van der Waals surface area contributed by atoms with E-state index in [1.165, 1.54) is 18.4 Å². The number of hydrogen-bond donors (Lipinski definition) is 1. The number of nitrogens with zero attached hydrogens (tertiary/aromatic N) is 1. The predicted molar refractivity (Wildman–Crippen MR) is 93.2 cm³/mol. The Hall–Kier alpha value is -2.14. The van der Waals surface area contributed by atoms with Gasteiger partial charge in [-0.05, 0) is 43.1 Å². The predicted octanol–water partition coefficient (Wildman–Crippen LogP) is 3.67. The highest BCUT2D eigenvalue weighted by molar-refractivity contribution is 5.93. The van der Waals surface area contributed by atoms with Crippen molar-refractivity contribution in [2.45, 2.75) is 44.6 Å². The molecule has 1 aliphatic carbocycles. The van der Waals surface area contributed by atoms with E-state index in [1.54, 1.807) is 0 Å². The smallest absolute Gasteiger partial charge is 0.273 e. The van der Waals surface area contributed by atoms with E-state index in [4.69, 9.17) is 9.15 Å². The van der Waals surface area contributed by atoms with Crippen LogP contribution < -0.4 is 5.32 Å². The summed E-state index contributed by atoms with van der Waals surface area (Å²) in [7, 11) is 0. The van der Waals surface area contributed by atoms with E-state index >= 15 is 0 Å². The molecule has 2 aliphatic rings. The topological polar surface area (TPSA) is 64.4 Å². The molecule has 1 saturated carbocycles. The van der Waals surface area contributed by atoms with E-state index in [2.05, 4.69) is 34.6 Å². The van der Waals surface area contributed by atoms with Crippen LogP contribution in [0.3, 0.4) is 0 Å².